The average Bonchev–Trinajstić information content (AvgIpc) is 2.99. The minimum atomic E-state index is 0.492. The van der Waals surface area contributed by atoms with Gasteiger partial charge in [0.1, 0.15) is 0 Å². The normalized spacial score (nSPS) is 27.5. The van der Waals surface area contributed by atoms with Crippen LogP contribution in [-0.4, -0.2) is 16.1 Å². The summed E-state index contributed by atoms with van der Waals surface area (Å²) in [5.74, 6) is 0. The predicted molar refractivity (Wildman–Crippen MR) is 73.4 cm³/mol. The summed E-state index contributed by atoms with van der Waals surface area (Å²) < 4.78 is 2.41. The Morgan fingerprint density at radius 3 is 2.89 bits per heavy atom. The Bertz CT molecular complexity index is 384. The Morgan fingerprint density at radius 2 is 2.17 bits per heavy atom. The Balaban J connectivity index is 1.74. The lowest BCUT2D eigenvalue weighted by molar-refractivity contribution is 0.180. The van der Waals surface area contributed by atoms with Gasteiger partial charge >= 0.3 is 0 Å². The number of hydrogen-bond acceptors (Lipinski definition) is 2. The van der Waals surface area contributed by atoms with E-state index < -0.39 is 0 Å². The summed E-state index contributed by atoms with van der Waals surface area (Å²) in [6.07, 6.45) is 13.7. The van der Waals surface area contributed by atoms with Crippen LogP contribution in [0.15, 0.2) is 12.5 Å². The van der Waals surface area contributed by atoms with Gasteiger partial charge in [-0.2, -0.15) is 0 Å². The van der Waals surface area contributed by atoms with Crippen molar-refractivity contribution < 1.29 is 0 Å². The third-order valence-corrected chi connectivity index (χ3v) is 4.77. The topological polar surface area (TPSA) is 29.9 Å². The summed E-state index contributed by atoms with van der Waals surface area (Å²) in [7, 11) is 0. The molecule has 1 unspecified atom stereocenters. The Hall–Kier alpha value is -0.830. The molecule has 3 heteroatoms. The fraction of sp³-hybridized carbons (Fsp3) is 0.800. The van der Waals surface area contributed by atoms with Gasteiger partial charge in [-0.1, -0.05) is 26.2 Å². The second-order valence-electron chi connectivity index (χ2n) is 6.47. The third-order valence-electron chi connectivity index (χ3n) is 4.77. The largest absolute Gasteiger partial charge is 0.333 e. The lowest BCUT2D eigenvalue weighted by Crippen LogP contribution is -2.28. The Morgan fingerprint density at radius 1 is 1.33 bits per heavy atom. The van der Waals surface area contributed by atoms with Gasteiger partial charge in [-0.15, -0.1) is 0 Å². The van der Waals surface area contributed by atoms with Crippen LogP contribution < -0.4 is 5.32 Å². The van der Waals surface area contributed by atoms with Gasteiger partial charge in [-0.05, 0) is 37.6 Å². The van der Waals surface area contributed by atoms with Crippen molar-refractivity contribution in [3.05, 3.63) is 18.2 Å². The van der Waals surface area contributed by atoms with E-state index in [1.807, 2.05) is 6.33 Å². The van der Waals surface area contributed by atoms with E-state index in [1.54, 1.807) is 0 Å². The predicted octanol–water partition coefficient (Wildman–Crippen LogP) is 3.28. The lowest BCUT2D eigenvalue weighted by atomic mass is 9.75. The van der Waals surface area contributed by atoms with E-state index in [9.17, 15) is 0 Å². The van der Waals surface area contributed by atoms with Crippen LogP contribution in [0.5, 0.6) is 0 Å². The maximum Gasteiger partial charge on any atom is 0.0948 e. The van der Waals surface area contributed by atoms with Gasteiger partial charge < -0.3 is 9.88 Å². The average molecular weight is 247 g/mol. The van der Waals surface area contributed by atoms with E-state index in [0.717, 1.165) is 13.1 Å². The molecule has 2 aliphatic rings. The molecule has 100 valence electrons. The summed E-state index contributed by atoms with van der Waals surface area (Å²) in [5.41, 5.74) is 1.89. The molecule has 1 N–H and O–H groups in total. The third kappa shape index (κ3) is 2.46. The molecule has 0 aromatic carbocycles. The van der Waals surface area contributed by atoms with Crippen molar-refractivity contribution in [1.82, 2.24) is 14.9 Å². The molecule has 0 bridgehead atoms. The highest BCUT2D eigenvalue weighted by Gasteiger charge is 2.29. The number of nitrogens with zero attached hydrogens (tertiary/aromatic N) is 2. The fourth-order valence-corrected chi connectivity index (χ4v) is 3.66. The molecule has 3 rings (SSSR count). The van der Waals surface area contributed by atoms with Crippen LogP contribution in [0.2, 0.25) is 0 Å². The molecule has 1 aromatic rings. The fourth-order valence-electron chi connectivity index (χ4n) is 3.66. The van der Waals surface area contributed by atoms with Crippen LogP contribution in [0.4, 0.5) is 0 Å². The van der Waals surface area contributed by atoms with Crippen molar-refractivity contribution in [3.8, 4) is 0 Å². The molecule has 3 nitrogen and oxygen atoms in total. The molecule has 2 heterocycles. The highest BCUT2D eigenvalue weighted by molar-refractivity contribution is 5.07. The molecule has 0 radical (unpaired) electrons. The van der Waals surface area contributed by atoms with Crippen molar-refractivity contribution in [2.75, 3.05) is 6.54 Å². The number of imidazole rings is 1. The zero-order valence-corrected chi connectivity index (χ0v) is 11.5. The van der Waals surface area contributed by atoms with Gasteiger partial charge in [0.25, 0.3) is 0 Å². The molecule has 1 aliphatic heterocycles. The summed E-state index contributed by atoms with van der Waals surface area (Å²) in [5, 5.41) is 3.59. The van der Waals surface area contributed by atoms with Crippen LogP contribution in [0.3, 0.4) is 0 Å². The van der Waals surface area contributed by atoms with E-state index in [1.165, 1.54) is 50.6 Å². The van der Waals surface area contributed by atoms with E-state index in [2.05, 4.69) is 28.0 Å². The quantitative estimate of drug-likeness (QED) is 0.888. The zero-order valence-electron chi connectivity index (χ0n) is 11.5. The molecule has 1 atom stereocenters. The summed E-state index contributed by atoms with van der Waals surface area (Å²) in [6.45, 7) is 4.77. The number of aromatic nitrogens is 2. The summed E-state index contributed by atoms with van der Waals surface area (Å²) in [4.78, 5) is 4.39. The highest BCUT2D eigenvalue weighted by atomic mass is 15.1. The van der Waals surface area contributed by atoms with E-state index in [-0.39, 0.29) is 0 Å². The van der Waals surface area contributed by atoms with E-state index in [4.69, 9.17) is 0 Å². The monoisotopic (exact) mass is 247 g/mol. The summed E-state index contributed by atoms with van der Waals surface area (Å²) >= 11 is 0. The maximum absolute atomic E-state index is 4.39. The second kappa shape index (κ2) is 5.04. The maximum atomic E-state index is 4.39. The van der Waals surface area contributed by atoms with Crippen LogP contribution in [0.1, 0.15) is 63.6 Å². The lowest BCUT2D eigenvalue weighted by Gasteiger charge is -2.34. The second-order valence-corrected chi connectivity index (χ2v) is 6.47. The summed E-state index contributed by atoms with van der Waals surface area (Å²) in [6, 6.07) is 0.541. The molecular weight excluding hydrogens is 222 g/mol. The van der Waals surface area contributed by atoms with E-state index in [0.29, 0.717) is 11.5 Å². The van der Waals surface area contributed by atoms with Crippen molar-refractivity contribution in [2.24, 2.45) is 5.41 Å². The van der Waals surface area contributed by atoms with Gasteiger partial charge in [0, 0.05) is 18.8 Å². The van der Waals surface area contributed by atoms with Crippen LogP contribution in [0.25, 0.3) is 0 Å². The van der Waals surface area contributed by atoms with Gasteiger partial charge in [0.05, 0.1) is 12.0 Å². The minimum Gasteiger partial charge on any atom is -0.333 e. The standard InChI is InChI=1S/C15H25N3/c1-15(7-3-2-4-8-15)11-18-12-16-10-14(18)13-6-5-9-17-13/h10,12-13,17H,2-9,11H2,1H3. The Kier molecular flexibility index (Phi) is 3.42. The van der Waals surface area contributed by atoms with Crippen molar-refractivity contribution in [3.63, 3.8) is 0 Å². The smallest absolute Gasteiger partial charge is 0.0948 e. The van der Waals surface area contributed by atoms with Crippen LogP contribution in [0, 0.1) is 5.41 Å². The van der Waals surface area contributed by atoms with Crippen molar-refractivity contribution in [2.45, 2.75) is 64.5 Å². The molecule has 0 spiro atoms. The first kappa shape index (κ1) is 12.2. The molecule has 1 aliphatic carbocycles. The van der Waals surface area contributed by atoms with Gasteiger partial charge in [-0.3, -0.25) is 0 Å². The van der Waals surface area contributed by atoms with Crippen LogP contribution in [-0.2, 0) is 6.54 Å². The SMILES string of the molecule is CC1(Cn2cncc2C2CCCN2)CCCCC1. The van der Waals surface area contributed by atoms with Crippen molar-refractivity contribution >= 4 is 0 Å². The molecular formula is C15H25N3. The Labute approximate surface area is 110 Å². The highest BCUT2D eigenvalue weighted by Crippen LogP contribution is 2.38. The molecule has 1 aromatic heterocycles. The molecule has 1 saturated heterocycles. The van der Waals surface area contributed by atoms with Crippen LogP contribution >= 0.6 is 0 Å². The van der Waals surface area contributed by atoms with Gasteiger partial charge in [-0.25, -0.2) is 4.98 Å². The first-order valence-electron chi connectivity index (χ1n) is 7.50. The van der Waals surface area contributed by atoms with Gasteiger partial charge in [0.15, 0.2) is 0 Å². The number of hydrogen-bond donors (Lipinski definition) is 1. The number of rotatable bonds is 3. The first-order chi connectivity index (χ1) is 8.77. The molecule has 18 heavy (non-hydrogen) atoms. The number of nitrogens with one attached hydrogen (secondary N) is 1. The first-order valence-corrected chi connectivity index (χ1v) is 7.50. The molecule has 0 amide bonds. The zero-order chi connectivity index (χ0) is 12.4. The van der Waals surface area contributed by atoms with Gasteiger partial charge in [0.2, 0.25) is 0 Å². The van der Waals surface area contributed by atoms with E-state index >= 15 is 0 Å². The molecule has 1 saturated carbocycles. The molecule has 2 fully saturated rings. The minimum absolute atomic E-state index is 0.492. The van der Waals surface area contributed by atoms with Crippen molar-refractivity contribution in [1.29, 1.82) is 0 Å².